The zero-order valence-electron chi connectivity index (χ0n) is 11.3. The van der Waals surface area contributed by atoms with Crippen LogP contribution in [0.1, 0.15) is 26.2 Å². The molecule has 1 aromatic heterocycles. The van der Waals surface area contributed by atoms with Gasteiger partial charge in [-0.05, 0) is 44.5 Å². The lowest BCUT2D eigenvalue weighted by atomic mass is 9.79. The van der Waals surface area contributed by atoms with Crippen LogP contribution in [-0.4, -0.2) is 42.6 Å². The fourth-order valence-electron chi connectivity index (χ4n) is 3.61. The van der Waals surface area contributed by atoms with Crippen molar-refractivity contribution in [1.82, 2.24) is 9.88 Å². The van der Waals surface area contributed by atoms with Gasteiger partial charge in [0.15, 0.2) is 0 Å². The topological polar surface area (TPSA) is 19.4 Å². The Kier molecular flexibility index (Phi) is 3.25. The van der Waals surface area contributed by atoms with Gasteiger partial charge in [0.1, 0.15) is 0 Å². The van der Waals surface area contributed by atoms with Gasteiger partial charge in [0.05, 0.1) is 0 Å². The summed E-state index contributed by atoms with van der Waals surface area (Å²) in [5, 5.41) is 0. The summed E-state index contributed by atoms with van der Waals surface area (Å²) >= 11 is 0. The molecule has 3 nitrogen and oxygen atoms in total. The average molecular weight is 245 g/mol. The highest BCUT2D eigenvalue weighted by Crippen LogP contribution is 2.39. The summed E-state index contributed by atoms with van der Waals surface area (Å²) in [6.45, 7) is 8.51. The predicted octanol–water partition coefficient (Wildman–Crippen LogP) is 2.39. The highest BCUT2D eigenvalue weighted by Gasteiger charge is 2.40. The van der Waals surface area contributed by atoms with Gasteiger partial charge in [0.2, 0.25) is 0 Å². The fourth-order valence-corrected chi connectivity index (χ4v) is 3.61. The largest absolute Gasteiger partial charge is 0.371 e. The van der Waals surface area contributed by atoms with Crippen LogP contribution in [0.5, 0.6) is 0 Å². The van der Waals surface area contributed by atoms with Crippen LogP contribution in [0.25, 0.3) is 0 Å². The van der Waals surface area contributed by atoms with Crippen LogP contribution in [0, 0.1) is 5.41 Å². The molecule has 0 aromatic carbocycles. The van der Waals surface area contributed by atoms with E-state index in [1.807, 2.05) is 12.4 Å². The van der Waals surface area contributed by atoms with Gasteiger partial charge in [-0.1, -0.05) is 6.92 Å². The summed E-state index contributed by atoms with van der Waals surface area (Å²) < 4.78 is 0. The van der Waals surface area contributed by atoms with Crippen molar-refractivity contribution in [2.75, 3.05) is 37.6 Å². The molecule has 1 unspecified atom stereocenters. The van der Waals surface area contributed by atoms with E-state index in [0.717, 1.165) is 0 Å². The molecule has 0 amide bonds. The monoisotopic (exact) mass is 245 g/mol. The van der Waals surface area contributed by atoms with Crippen molar-refractivity contribution in [3.63, 3.8) is 0 Å². The van der Waals surface area contributed by atoms with Gasteiger partial charge < -0.3 is 9.80 Å². The molecule has 0 N–H and O–H groups in total. The standard InChI is InChI=1S/C15H23N3/c1-2-17-11-7-15(12-17)6-3-10-18(13-15)14-4-8-16-9-5-14/h4-5,8-9H,2-3,6-7,10-13H2,1H3. The van der Waals surface area contributed by atoms with Crippen molar-refractivity contribution in [3.8, 4) is 0 Å². The molecule has 2 fully saturated rings. The Bertz CT molecular complexity index is 392. The molecule has 2 aliphatic heterocycles. The number of hydrogen-bond donors (Lipinski definition) is 0. The van der Waals surface area contributed by atoms with Crippen LogP contribution in [0.4, 0.5) is 5.69 Å². The quantitative estimate of drug-likeness (QED) is 0.797. The van der Waals surface area contributed by atoms with Gasteiger partial charge in [-0.15, -0.1) is 0 Å². The number of anilines is 1. The van der Waals surface area contributed by atoms with Gasteiger partial charge in [-0.25, -0.2) is 0 Å². The Labute approximate surface area is 110 Å². The second-order valence-electron chi connectivity index (χ2n) is 5.85. The van der Waals surface area contributed by atoms with Crippen molar-refractivity contribution >= 4 is 5.69 Å². The Morgan fingerprint density at radius 2 is 2.00 bits per heavy atom. The van der Waals surface area contributed by atoms with E-state index in [1.54, 1.807) is 0 Å². The molecule has 0 bridgehead atoms. The minimum Gasteiger partial charge on any atom is -0.371 e. The first kappa shape index (κ1) is 12.0. The number of rotatable bonds is 2. The van der Waals surface area contributed by atoms with E-state index in [2.05, 4.69) is 33.8 Å². The van der Waals surface area contributed by atoms with E-state index in [4.69, 9.17) is 0 Å². The van der Waals surface area contributed by atoms with Crippen molar-refractivity contribution in [3.05, 3.63) is 24.5 Å². The molecule has 3 heteroatoms. The summed E-state index contributed by atoms with van der Waals surface area (Å²) in [6.07, 6.45) is 7.93. The number of aromatic nitrogens is 1. The molecule has 1 aromatic rings. The van der Waals surface area contributed by atoms with E-state index in [1.165, 1.54) is 57.7 Å². The first-order chi connectivity index (χ1) is 8.81. The summed E-state index contributed by atoms with van der Waals surface area (Å²) in [7, 11) is 0. The summed E-state index contributed by atoms with van der Waals surface area (Å²) in [4.78, 5) is 9.29. The molecule has 3 heterocycles. The Balaban J connectivity index is 1.73. The Morgan fingerprint density at radius 3 is 2.72 bits per heavy atom. The summed E-state index contributed by atoms with van der Waals surface area (Å²) in [5.41, 5.74) is 1.90. The van der Waals surface area contributed by atoms with Crippen LogP contribution in [0.2, 0.25) is 0 Å². The molecule has 2 aliphatic rings. The van der Waals surface area contributed by atoms with Gasteiger partial charge in [-0.3, -0.25) is 4.98 Å². The van der Waals surface area contributed by atoms with E-state index in [0.29, 0.717) is 5.41 Å². The van der Waals surface area contributed by atoms with Gasteiger partial charge in [0.25, 0.3) is 0 Å². The SMILES string of the molecule is CCN1CCC2(CCCN(c3ccncc3)C2)C1. The lowest BCUT2D eigenvalue weighted by Gasteiger charge is -2.41. The minimum atomic E-state index is 0.553. The molecule has 1 spiro atoms. The molecule has 0 saturated carbocycles. The first-order valence-corrected chi connectivity index (χ1v) is 7.19. The van der Waals surface area contributed by atoms with E-state index in [9.17, 15) is 0 Å². The van der Waals surface area contributed by atoms with Crippen LogP contribution in [0.3, 0.4) is 0 Å². The molecule has 2 saturated heterocycles. The lowest BCUT2D eigenvalue weighted by Crippen LogP contribution is -2.44. The van der Waals surface area contributed by atoms with Crippen LogP contribution in [0.15, 0.2) is 24.5 Å². The summed E-state index contributed by atoms with van der Waals surface area (Å²) in [5.74, 6) is 0. The normalized spacial score (nSPS) is 29.1. The molecule has 3 rings (SSSR count). The summed E-state index contributed by atoms with van der Waals surface area (Å²) in [6, 6.07) is 4.29. The van der Waals surface area contributed by atoms with E-state index in [-0.39, 0.29) is 0 Å². The Morgan fingerprint density at radius 1 is 1.17 bits per heavy atom. The first-order valence-electron chi connectivity index (χ1n) is 7.19. The highest BCUT2D eigenvalue weighted by molar-refractivity contribution is 5.45. The molecular formula is C15H23N3. The Hall–Kier alpha value is -1.09. The molecular weight excluding hydrogens is 222 g/mol. The zero-order valence-corrected chi connectivity index (χ0v) is 11.3. The van der Waals surface area contributed by atoms with Gasteiger partial charge in [0, 0.05) is 43.1 Å². The minimum absolute atomic E-state index is 0.553. The third kappa shape index (κ3) is 2.24. The molecule has 1 atom stereocenters. The lowest BCUT2D eigenvalue weighted by molar-refractivity contribution is 0.224. The molecule has 98 valence electrons. The third-order valence-corrected chi connectivity index (χ3v) is 4.65. The van der Waals surface area contributed by atoms with Crippen molar-refractivity contribution in [1.29, 1.82) is 0 Å². The fraction of sp³-hybridized carbons (Fsp3) is 0.667. The maximum absolute atomic E-state index is 4.12. The van der Waals surface area contributed by atoms with Crippen LogP contribution in [-0.2, 0) is 0 Å². The second-order valence-corrected chi connectivity index (χ2v) is 5.85. The zero-order chi connectivity index (χ0) is 12.4. The predicted molar refractivity (Wildman–Crippen MR) is 74.8 cm³/mol. The van der Waals surface area contributed by atoms with Crippen LogP contribution < -0.4 is 4.90 Å². The smallest absolute Gasteiger partial charge is 0.0397 e. The van der Waals surface area contributed by atoms with E-state index < -0.39 is 0 Å². The number of hydrogen-bond acceptors (Lipinski definition) is 3. The van der Waals surface area contributed by atoms with E-state index >= 15 is 0 Å². The van der Waals surface area contributed by atoms with Crippen LogP contribution >= 0.6 is 0 Å². The van der Waals surface area contributed by atoms with Crippen molar-refractivity contribution in [2.45, 2.75) is 26.2 Å². The number of likely N-dealkylation sites (tertiary alicyclic amines) is 1. The number of nitrogens with zero attached hydrogens (tertiary/aromatic N) is 3. The third-order valence-electron chi connectivity index (χ3n) is 4.65. The molecule has 0 aliphatic carbocycles. The molecule has 18 heavy (non-hydrogen) atoms. The van der Waals surface area contributed by atoms with Crippen molar-refractivity contribution in [2.24, 2.45) is 5.41 Å². The average Bonchev–Trinajstić information content (AvgIpc) is 2.83. The maximum Gasteiger partial charge on any atom is 0.0397 e. The number of pyridine rings is 1. The van der Waals surface area contributed by atoms with Crippen molar-refractivity contribution < 1.29 is 0 Å². The van der Waals surface area contributed by atoms with Gasteiger partial charge in [-0.2, -0.15) is 0 Å². The van der Waals surface area contributed by atoms with Gasteiger partial charge >= 0.3 is 0 Å². The second kappa shape index (κ2) is 4.88. The number of piperidine rings is 1. The molecule has 0 radical (unpaired) electrons. The highest BCUT2D eigenvalue weighted by atomic mass is 15.2. The maximum atomic E-state index is 4.12.